The Balaban J connectivity index is 1.70. The zero-order valence-electron chi connectivity index (χ0n) is 12.2. The number of aromatic nitrogens is 3. The predicted octanol–water partition coefficient (Wildman–Crippen LogP) is 1.92. The largest absolute Gasteiger partial charge is 0.380 e. The van der Waals surface area contributed by atoms with Crippen LogP contribution in [0, 0.1) is 0 Å². The summed E-state index contributed by atoms with van der Waals surface area (Å²) in [6.45, 7) is 1.69. The molecular formula is C13H20N6S2. The molecule has 0 aromatic carbocycles. The molecule has 0 aliphatic rings. The second-order valence-electron chi connectivity index (χ2n) is 4.84. The SMILES string of the molecule is CN(C)Cc1cccc(CSCCNc2nsnc2N)n1. The Kier molecular flexibility index (Phi) is 6.21. The van der Waals surface area contributed by atoms with E-state index in [4.69, 9.17) is 5.73 Å². The van der Waals surface area contributed by atoms with Crippen molar-refractivity contribution in [1.29, 1.82) is 0 Å². The van der Waals surface area contributed by atoms with Gasteiger partial charge in [-0.2, -0.15) is 20.5 Å². The summed E-state index contributed by atoms with van der Waals surface area (Å²) in [5.41, 5.74) is 7.88. The van der Waals surface area contributed by atoms with Crippen LogP contribution in [0.4, 0.5) is 11.6 Å². The third kappa shape index (κ3) is 5.49. The molecule has 2 aromatic rings. The normalized spacial score (nSPS) is 11.0. The van der Waals surface area contributed by atoms with Gasteiger partial charge in [0, 0.05) is 24.6 Å². The molecule has 8 heteroatoms. The Bertz CT molecular complexity index is 557. The van der Waals surface area contributed by atoms with Crippen molar-refractivity contribution >= 4 is 35.1 Å². The smallest absolute Gasteiger partial charge is 0.184 e. The maximum absolute atomic E-state index is 5.66. The van der Waals surface area contributed by atoms with Gasteiger partial charge in [0.15, 0.2) is 11.6 Å². The summed E-state index contributed by atoms with van der Waals surface area (Å²) in [6, 6.07) is 6.21. The number of anilines is 2. The molecule has 2 heterocycles. The number of hydrogen-bond acceptors (Lipinski definition) is 8. The summed E-state index contributed by atoms with van der Waals surface area (Å²) < 4.78 is 8.00. The Labute approximate surface area is 133 Å². The van der Waals surface area contributed by atoms with Crippen LogP contribution in [0.2, 0.25) is 0 Å². The summed E-state index contributed by atoms with van der Waals surface area (Å²) in [6.07, 6.45) is 0. The number of rotatable bonds is 8. The van der Waals surface area contributed by atoms with Crippen molar-refractivity contribution in [3.63, 3.8) is 0 Å². The van der Waals surface area contributed by atoms with Crippen LogP contribution in [0.3, 0.4) is 0 Å². The highest BCUT2D eigenvalue weighted by molar-refractivity contribution is 7.98. The third-order valence-electron chi connectivity index (χ3n) is 2.65. The summed E-state index contributed by atoms with van der Waals surface area (Å²) in [7, 11) is 4.10. The van der Waals surface area contributed by atoms with E-state index in [9.17, 15) is 0 Å². The van der Waals surface area contributed by atoms with Crippen molar-refractivity contribution in [3.8, 4) is 0 Å². The first kappa shape index (κ1) is 16.0. The molecule has 0 radical (unpaired) electrons. The molecule has 2 rings (SSSR count). The summed E-state index contributed by atoms with van der Waals surface area (Å²) in [5.74, 6) is 3.04. The fourth-order valence-electron chi connectivity index (χ4n) is 1.76. The molecule has 2 aromatic heterocycles. The Morgan fingerprint density at radius 1 is 1.29 bits per heavy atom. The lowest BCUT2D eigenvalue weighted by Crippen LogP contribution is -2.12. The number of nitrogens with two attached hydrogens (primary N) is 1. The summed E-state index contributed by atoms with van der Waals surface area (Å²) in [4.78, 5) is 6.77. The van der Waals surface area contributed by atoms with E-state index in [2.05, 4.69) is 42.1 Å². The van der Waals surface area contributed by atoms with Crippen molar-refractivity contribution < 1.29 is 0 Å². The van der Waals surface area contributed by atoms with E-state index in [1.54, 1.807) is 0 Å². The minimum Gasteiger partial charge on any atom is -0.380 e. The zero-order valence-corrected chi connectivity index (χ0v) is 13.9. The molecule has 0 atom stereocenters. The minimum absolute atomic E-state index is 0.475. The Morgan fingerprint density at radius 3 is 2.81 bits per heavy atom. The van der Waals surface area contributed by atoms with Crippen molar-refractivity contribution in [1.82, 2.24) is 18.6 Å². The Hall–Kier alpha value is -1.38. The van der Waals surface area contributed by atoms with Crippen LogP contribution in [0.1, 0.15) is 11.4 Å². The second kappa shape index (κ2) is 8.16. The van der Waals surface area contributed by atoms with Crippen molar-refractivity contribution in [2.45, 2.75) is 12.3 Å². The number of nitrogens with one attached hydrogen (secondary N) is 1. The van der Waals surface area contributed by atoms with Gasteiger partial charge in [-0.3, -0.25) is 4.98 Å². The molecule has 0 saturated heterocycles. The van der Waals surface area contributed by atoms with Gasteiger partial charge in [0.2, 0.25) is 0 Å². The monoisotopic (exact) mass is 324 g/mol. The van der Waals surface area contributed by atoms with Gasteiger partial charge in [-0.15, -0.1) is 0 Å². The molecule has 0 amide bonds. The highest BCUT2D eigenvalue weighted by Gasteiger charge is 2.03. The van der Waals surface area contributed by atoms with Gasteiger partial charge in [-0.1, -0.05) is 6.07 Å². The fourth-order valence-corrected chi connectivity index (χ4v) is 2.97. The summed E-state index contributed by atoms with van der Waals surface area (Å²) >= 11 is 2.96. The van der Waals surface area contributed by atoms with Crippen molar-refractivity contribution in [2.75, 3.05) is 37.4 Å². The number of nitrogens with zero attached hydrogens (tertiary/aromatic N) is 4. The topological polar surface area (TPSA) is 80.0 Å². The van der Waals surface area contributed by atoms with Crippen LogP contribution in [-0.4, -0.2) is 45.0 Å². The van der Waals surface area contributed by atoms with E-state index in [1.165, 1.54) is 0 Å². The highest BCUT2D eigenvalue weighted by atomic mass is 32.2. The number of nitrogen functional groups attached to an aromatic ring is 1. The molecule has 0 bridgehead atoms. The average Bonchev–Trinajstić information content (AvgIpc) is 2.84. The van der Waals surface area contributed by atoms with Crippen LogP contribution in [0.15, 0.2) is 18.2 Å². The molecule has 0 aliphatic heterocycles. The van der Waals surface area contributed by atoms with Crippen LogP contribution in [0.5, 0.6) is 0 Å². The third-order valence-corrected chi connectivity index (χ3v) is 4.18. The lowest BCUT2D eigenvalue weighted by molar-refractivity contribution is 0.396. The van der Waals surface area contributed by atoms with Gasteiger partial charge in [0.25, 0.3) is 0 Å². The van der Waals surface area contributed by atoms with E-state index < -0.39 is 0 Å². The molecule has 0 unspecified atom stereocenters. The summed E-state index contributed by atoms with van der Waals surface area (Å²) in [5, 5.41) is 3.18. The predicted molar refractivity (Wildman–Crippen MR) is 90.6 cm³/mol. The molecule has 21 heavy (non-hydrogen) atoms. The van der Waals surface area contributed by atoms with E-state index in [-0.39, 0.29) is 0 Å². The molecule has 114 valence electrons. The minimum atomic E-state index is 0.475. The van der Waals surface area contributed by atoms with Gasteiger partial charge in [-0.05, 0) is 26.2 Å². The average molecular weight is 324 g/mol. The zero-order chi connectivity index (χ0) is 15.1. The highest BCUT2D eigenvalue weighted by Crippen LogP contribution is 2.15. The van der Waals surface area contributed by atoms with Crippen molar-refractivity contribution in [2.24, 2.45) is 0 Å². The lowest BCUT2D eigenvalue weighted by atomic mass is 10.3. The van der Waals surface area contributed by atoms with Gasteiger partial charge >= 0.3 is 0 Å². The maximum Gasteiger partial charge on any atom is 0.184 e. The number of pyridine rings is 1. The van der Waals surface area contributed by atoms with Gasteiger partial charge in [0.1, 0.15) is 0 Å². The van der Waals surface area contributed by atoms with E-state index in [0.29, 0.717) is 11.6 Å². The number of thioether (sulfide) groups is 1. The van der Waals surface area contributed by atoms with Crippen LogP contribution in [0.25, 0.3) is 0 Å². The Morgan fingerprint density at radius 2 is 2.10 bits per heavy atom. The van der Waals surface area contributed by atoms with Gasteiger partial charge < -0.3 is 16.0 Å². The van der Waals surface area contributed by atoms with Gasteiger partial charge in [0.05, 0.1) is 23.1 Å². The fraction of sp³-hybridized carbons (Fsp3) is 0.462. The van der Waals surface area contributed by atoms with E-state index >= 15 is 0 Å². The lowest BCUT2D eigenvalue weighted by Gasteiger charge is -2.10. The molecule has 0 saturated carbocycles. The first-order valence-electron chi connectivity index (χ1n) is 6.64. The first-order valence-corrected chi connectivity index (χ1v) is 8.53. The standard InChI is InChI=1S/C13H20N6S2/c1-19(2)8-10-4-3-5-11(16-10)9-20-7-6-15-13-12(14)17-21-18-13/h3-5H,6-9H2,1-2H3,(H2,14,17)(H,15,18). The maximum atomic E-state index is 5.66. The van der Waals surface area contributed by atoms with Crippen LogP contribution < -0.4 is 11.1 Å². The van der Waals surface area contributed by atoms with Crippen molar-refractivity contribution in [3.05, 3.63) is 29.6 Å². The van der Waals surface area contributed by atoms with Crippen LogP contribution in [-0.2, 0) is 12.3 Å². The van der Waals surface area contributed by atoms with E-state index in [1.807, 2.05) is 25.9 Å². The quantitative estimate of drug-likeness (QED) is 0.718. The molecular weight excluding hydrogens is 304 g/mol. The molecule has 3 N–H and O–H groups in total. The molecule has 0 aliphatic carbocycles. The molecule has 0 fully saturated rings. The van der Waals surface area contributed by atoms with Gasteiger partial charge in [-0.25, -0.2) is 0 Å². The molecule has 0 spiro atoms. The van der Waals surface area contributed by atoms with Crippen LogP contribution >= 0.6 is 23.5 Å². The first-order chi connectivity index (χ1) is 10.1. The van der Waals surface area contributed by atoms with E-state index in [0.717, 1.165) is 47.7 Å². The molecule has 6 nitrogen and oxygen atoms in total. The number of hydrogen-bond donors (Lipinski definition) is 2. The second-order valence-corrected chi connectivity index (χ2v) is 6.47.